The lowest BCUT2D eigenvalue weighted by atomic mass is 10.1. The minimum atomic E-state index is -0.641. The number of carbonyl (C=O) groups is 1. The number of hydrogen-bond acceptors (Lipinski definition) is 3. The Balaban J connectivity index is 1.97. The molecule has 0 aliphatic carbocycles. The Labute approximate surface area is 174 Å². The zero-order valence-electron chi connectivity index (χ0n) is 16.3. The summed E-state index contributed by atoms with van der Waals surface area (Å²) in [6.07, 6.45) is 1.14. The van der Waals surface area contributed by atoms with Crippen molar-refractivity contribution in [2.75, 3.05) is 11.4 Å². The lowest BCUT2D eigenvalue weighted by Crippen LogP contribution is -2.39. The summed E-state index contributed by atoms with van der Waals surface area (Å²) in [4.78, 5) is 16.3. The maximum absolute atomic E-state index is 14.3. The third-order valence-corrected chi connectivity index (χ3v) is 5.77. The number of halogens is 3. The van der Waals surface area contributed by atoms with E-state index in [9.17, 15) is 13.6 Å². The van der Waals surface area contributed by atoms with Gasteiger partial charge in [-0.3, -0.25) is 4.79 Å². The number of likely N-dealkylation sites (tertiary alicyclic amines) is 1. The van der Waals surface area contributed by atoms with Crippen LogP contribution in [0.5, 0.6) is 0 Å². The maximum Gasteiger partial charge on any atom is 0.225 e. The van der Waals surface area contributed by atoms with Crippen LogP contribution in [-0.2, 0) is 11.3 Å². The predicted octanol–water partition coefficient (Wildman–Crippen LogP) is 4.90. The van der Waals surface area contributed by atoms with Crippen LogP contribution in [0.4, 0.5) is 14.5 Å². The molecule has 7 heteroatoms. The van der Waals surface area contributed by atoms with E-state index in [1.54, 1.807) is 18.2 Å². The zero-order valence-corrected chi connectivity index (χ0v) is 17.1. The highest BCUT2D eigenvalue weighted by atomic mass is 35.5. The predicted molar refractivity (Wildman–Crippen MR) is 109 cm³/mol. The molecular formula is C22H22ClF2N3O. The van der Waals surface area contributed by atoms with E-state index in [4.69, 9.17) is 16.9 Å². The highest BCUT2D eigenvalue weighted by molar-refractivity contribution is 6.32. The van der Waals surface area contributed by atoms with Gasteiger partial charge in [-0.2, -0.15) is 5.26 Å². The van der Waals surface area contributed by atoms with Crippen LogP contribution in [0, 0.1) is 23.0 Å². The molecule has 0 bridgehead atoms. The number of anilines is 1. The highest BCUT2D eigenvalue weighted by Crippen LogP contribution is 2.31. The number of amides is 1. The molecule has 1 aliphatic heterocycles. The third kappa shape index (κ3) is 4.51. The molecule has 1 aliphatic rings. The molecule has 1 fully saturated rings. The molecule has 0 N–H and O–H groups in total. The van der Waals surface area contributed by atoms with E-state index >= 15 is 0 Å². The molecule has 1 saturated heterocycles. The van der Waals surface area contributed by atoms with Crippen molar-refractivity contribution in [3.05, 3.63) is 64.2 Å². The molecule has 2 aromatic carbocycles. The number of nitrogens with zero attached hydrogens (tertiary/aromatic N) is 3. The van der Waals surface area contributed by atoms with Gasteiger partial charge >= 0.3 is 0 Å². The summed E-state index contributed by atoms with van der Waals surface area (Å²) in [5.74, 6) is -1.23. The molecule has 1 unspecified atom stereocenters. The van der Waals surface area contributed by atoms with Crippen molar-refractivity contribution in [1.82, 2.24) is 4.90 Å². The Morgan fingerprint density at radius 2 is 2.07 bits per heavy atom. The van der Waals surface area contributed by atoms with Crippen LogP contribution in [-0.4, -0.2) is 29.4 Å². The summed E-state index contributed by atoms with van der Waals surface area (Å²) in [7, 11) is 0. The largest absolute Gasteiger partial charge is 0.362 e. The van der Waals surface area contributed by atoms with Gasteiger partial charge in [-0.15, -0.1) is 0 Å². The second-order valence-corrected chi connectivity index (χ2v) is 7.71. The van der Waals surface area contributed by atoms with Gasteiger partial charge in [-0.1, -0.05) is 24.6 Å². The second kappa shape index (κ2) is 8.79. The molecule has 0 saturated carbocycles. The molecule has 0 radical (unpaired) electrons. The molecule has 2 atom stereocenters. The molecule has 4 nitrogen and oxygen atoms in total. The number of rotatable bonds is 6. The molecular weight excluding hydrogens is 396 g/mol. The van der Waals surface area contributed by atoms with E-state index < -0.39 is 11.6 Å². The fourth-order valence-electron chi connectivity index (χ4n) is 3.61. The van der Waals surface area contributed by atoms with E-state index in [1.165, 1.54) is 12.1 Å². The Hall–Kier alpha value is -2.65. The van der Waals surface area contributed by atoms with Gasteiger partial charge < -0.3 is 9.80 Å². The topological polar surface area (TPSA) is 47.3 Å². The molecule has 0 aromatic heterocycles. The molecule has 1 amide bonds. The van der Waals surface area contributed by atoms with Crippen molar-refractivity contribution >= 4 is 23.2 Å². The van der Waals surface area contributed by atoms with E-state index in [1.807, 2.05) is 29.7 Å². The Kier molecular flexibility index (Phi) is 6.39. The Morgan fingerprint density at radius 1 is 1.31 bits per heavy atom. The normalized spacial score (nSPS) is 17.3. The van der Waals surface area contributed by atoms with Crippen LogP contribution >= 0.6 is 11.6 Å². The van der Waals surface area contributed by atoms with Gasteiger partial charge in [0.1, 0.15) is 17.7 Å². The monoisotopic (exact) mass is 417 g/mol. The summed E-state index contributed by atoms with van der Waals surface area (Å²) >= 11 is 6.22. The first kappa shape index (κ1) is 21.1. The van der Waals surface area contributed by atoms with Gasteiger partial charge in [0.2, 0.25) is 5.91 Å². The summed E-state index contributed by atoms with van der Waals surface area (Å²) in [6, 6.07) is 10.4. The molecule has 152 valence electrons. The summed E-state index contributed by atoms with van der Waals surface area (Å²) in [5, 5.41) is 9.42. The summed E-state index contributed by atoms with van der Waals surface area (Å²) in [6.45, 7) is 4.69. The SMILES string of the molecule is CCC(C)N1C[C@@H](N(Cc2ccc(F)cc2F)c2ccc(C#N)c(Cl)c2)CC1=O. The van der Waals surface area contributed by atoms with Gasteiger partial charge in [0, 0.05) is 42.9 Å². The first-order valence-electron chi connectivity index (χ1n) is 9.53. The standard InChI is InChI=1S/C22H22ClF2N3O/c1-3-14(2)27-13-19(10-22(27)29)28(12-16-4-6-17(24)8-21(16)25)18-7-5-15(11-26)20(23)9-18/h4-9,14,19H,3,10,12-13H2,1-2H3/t14?,19-/m0/s1. The first-order chi connectivity index (χ1) is 13.8. The van der Waals surface area contributed by atoms with Crippen LogP contribution in [0.15, 0.2) is 36.4 Å². The van der Waals surface area contributed by atoms with Crippen molar-refractivity contribution in [3.63, 3.8) is 0 Å². The highest BCUT2D eigenvalue weighted by Gasteiger charge is 2.36. The van der Waals surface area contributed by atoms with E-state index in [0.29, 0.717) is 29.8 Å². The summed E-state index contributed by atoms with van der Waals surface area (Å²) < 4.78 is 27.7. The minimum absolute atomic E-state index is 0.0497. The number of nitriles is 1. The van der Waals surface area contributed by atoms with Crippen molar-refractivity contribution in [1.29, 1.82) is 5.26 Å². The summed E-state index contributed by atoms with van der Waals surface area (Å²) in [5.41, 5.74) is 1.34. The van der Waals surface area contributed by atoms with Crippen LogP contribution in [0.1, 0.15) is 37.8 Å². The lowest BCUT2D eigenvalue weighted by Gasteiger charge is -2.32. The van der Waals surface area contributed by atoms with Crippen LogP contribution < -0.4 is 4.90 Å². The Bertz CT molecular complexity index is 960. The molecule has 0 spiro atoms. The fraction of sp³-hybridized carbons (Fsp3) is 0.364. The number of carbonyl (C=O) groups excluding carboxylic acids is 1. The fourth-order valence-corrected chi connectivity index (χ4v) is 3.82. The molecule has 29 heavy (non-hydrogen) atoms. The van der Waals surface area contributed by atoms with Crippen molar-refractivity contribution in [2.24, 2.45) is 0 Å². The van der Waals surface area contributed by atoms with E-state index in [-0.39, 0.29) is 29.6 Å². The molecule has 3 rings (SSSR count). The van der Waals surface area contributed by atoms with E-state index in [0.717, 1.165) is 12.5 Å². The third-order valence-electron chi connectivity index (χ3n) is 5.46. The average Bonchev–Trinajstić information content (AvgIpc) is 3.08. The number of benzene rings is 2. The lowest BCUT2D eigenvalue weighted by molar-refractivity contribution is -0.129. The zero-order chi connectivity index (χ0) is 21.1. The Morgan fingerprint density at radius 3 is 2.69 bits per heavy atom. The smallest absolute Gasteiger partial charge is 0.225 e. The molecule has 2 aromatic rings. The quantitative estimate of drug-likeness (QED) is 0.671. The second-order valence-electron chi connectivity index (χ2n) is 7.30. The van der Waals surface area contributed by atoms with Gasteiger partial charge in [0.15, 0.2) is 0 Å². The number of hydrogen-bond donors (Lipinski definition) is 0. The van der Waals surface area contributed by atoms with Crippen molar-refractivity contribution in [3.8, 4) is 6.07 Å². The van der Waals surface area contributed by atoms with Crippen molar-refractivity contribution in [2.45, 2.75) is 45.3 Å². The van der Waals surface area contributed by atoms with Gasteiger partial charge in [-0.25, -0.2) is 8.78 Å². The first-order valence-corrected chi connectivity index (χ1v) is 9.91. The van der Waals surface area contributed by atoms with Gasteiger partial charge in [0.25, 0.3) is 0 Å². The van der Waals surface area contributed by atoms with Gasteiger partial charge in [-0.05, 0) is 37.6 Å². The van der Waals surface area contributed by atoms with Crippen molar-refractivity contribution < 1.29 is 13.6 Å². The van der Waals surface area contributed by atoms with Crippen LogP contribution in [0.2, 0.25) is 5.02 Å². The van der Waals surface area contributed by atoms with Crippen LogP contribution in [0.3, 0.4) is 0 Å². The molecule has 1 heterocycles. The van der Waals surface area contributed by atoms with Gasteiger partial charge in [0.05, 0.1) is 16.6 Å². The maximum atomic E-state index is 14.3. The minimum Gasteiger partial charge on any atom is -0.362 e. The van der Waals surface area contributed by atoms with Crippen LogP contribution in [0.25, 0.3) is 0 Å². The van der Waals surface area contributed by atoms with E-state index in [2.05, 4.69) is 0 Å². The average molecular weight is 418 g/mol.